The number of hydrogen-bond donors (Lipinski definition) is 5. The van der Waals surface area contributed by atoms with Crippen LogP contribution in [0.3, 0.4) is 0 Å². The molecule has 0 heterocycles. The van der Waals surface area contributed by atoms with Crippen LogP contribution >= 0.6 is 0 Å². The number of carbonyl (C=O) groups is 4. The molecule has 0 spiro atoms. The Balaban J connectivity index is 1.85. The van der Waals surface area contributed by atoms with Gasteiger partial charge in [-0.3, -0.25) is 14.4 Å². The number of nitrogens with one attached hydrogen (secondary N) is 3. The quantitative estimate of drug-likeness (QED) is 0.142. The fraction of sp³-hybridized carbons (Fsp3) is 0.436. The molecule has 0 aromatic heterocycles. The zero-order valence-electron chi connectivity index (χ0n) is 29.2. The van der Waals surface area contributed by atoms with Gasteiger partial charge >= 0.3 is 6.09 Å². The molecule has 0 fully saturated rings. The number of aliphatic hydroxyl groups excluding tert-OH is 1. The largest absolute Gasteiger partial charge is 0.444 e. The van der Waals surface area contributed by atoms with Gasteiger partial charge in [-0.15, -0.1) is 0 Å². The number of amides is 4. The van der Waals surface area contributed by atoms with Crippen molar-refractivity contribution in [3.05, 3.63) is 108 Å². The van der Waals surface area contributed by atoms with Crippen molar-refractivity contribution < 1.29 is 29.0 Å². The van der Waals surface area contributed by atoms with Crippen molar-refractivity contribution in [3.8, 4) is 0 Å². The molecular weight excluding hydrogens is 620 g/mol. The van der Waals surface area contributed by atoms with Crippen molar-refractivity contribution in [3.63, 3.8) is 0 Å². The maximum Gasteiger partial charge on any atom is 0.407 e. The third-order valence-corrected chi connectivity index (χ3v) is 7.97. The SMILES string of the molecule is CC(C)C[C@H](NC(=O)[C@@H](Cc1ccccc1)C[C@H](O)[C@H](Cc1ccccc1)NC(=O)OC(C)(C)C)C(=O)N[C@@H](Cc1ccccc1)C(N)=O. The van der Waals surface area contributed by atoms with Gasteiger partial charge in [0, 0.05) is 12.3 Å². The summed E-state index contributed by atoms with van der Waals surface area (Å²) in [6, 6.07) is 25.4. The van der Waals surface area contributed by atoms with E-state index in [9.17, 15) is 24.3 Å². The number of rotatable bonds is 17. The Morgan fingerprint density at radius 3 is 1.61 bits per heavy atom. The number of alkyl carbamates (subject to hydrolysis) is 1. The lowest BCUT2D eigenvalue weighted by Gasteiger charge is -2.30. The predicted molar refractivity (Wildman–Crippen MR) is 190 cm³/mol. The second-order valence-corrected chi connectivity index (χ2v) is 14.0. The van der Waals surface area contributed by atoms with Crippen LogP contribution in [0.1, 0.15) is 64.2 Å². The van der Waals surface area contributed by atoms with Gasteiger partial charge in [-0.2, -0.15) is 0 Å². The van der Waals surface area contributed by atoms with Crippen LogP contribution < -0.4 is 21.7 Å². The molecule has 0 bridgehead atoms. The molecule has 0 saturated carbocycles. The van der Waals surface area contributed by atoms with E-state index in [-0.39, 0.29) is 25.2 Å². The highest BCUT2D eigenvalue weighted by Gasteiger charge is 2.33. The van der Waals surface area contributed by atoms with Crippen LogP contribution in [0, 0.1) is 11.8 Å². The molecule has 264 valence electrons. The molecule has 5 atom stereocenters. The monoisotopic (exact) mass is 672 g/mol. The zero-order chi connectivity index (χ0) is 36.0. The highest BCUT2D eigenvalue weighted by atomic mass is 16.6. The molecule has 3 aromatic rings. The maximum absolute atomic E-state index is 14.1. The van der Waals surface area contributed by atoms with Gasteiger partial charge in [0.25, 0.3) is 0 Å². The average Bonchev–Trinajstić information content (AvgIpc) is 3.03. The summed E-state index contributed by atoms with van der Waals surface area (Å²) < 4.78 is 5.49. The van der Waals surface area contributed by atoms with Crippen molar-refractivity contribution in [2.24, 2.45) is 17.6 Å². The first-order valence-corrected chi connectivity index (χ1v) is 16.9. The first kappa shape index (κ1) is 38.7. The van der Waals surface area contributed by atoms with E-state index in [4.69, 9.17) is 10.5 Å². The van der Waals surface area contributed by atoms with Gasteiger partial charge in [0.15, 0.2) is 0 Å². The Kier molecular flexibility index (Phi) is 14.8. The van der Waals surface area contributed by atoms with Gasteiger partial charge in [0.05, 0.1) is 12.1 Å². The molecular formula is C39H52N4O6. The van der Waals surface area contributed by atoms with E-state index in [0.717, 1.165) is 16.7 Å². The topological polar surface area (TPSA) is 160 Å². The number of nitrogens with two attached hydrogens (primary N) is 1. The molecule has 4 amide bonds. The molecule has 0 aliphatic rings. The normalized spacial score (nSPS) is 14.5. The Bertz CT molecular complexity index is 1480. The third-order valence-electron chi connectivity index (χ3n) is 7.97. The zero-order valence-corrected chi connectivity index (χ0v) is 29.2. The number of carbonyl (C=O) groups excluding carboxylic acids is 4. The predicted octanol–water partition coefficient (Wildman–Crippen LogP) is 4.48. The van der Waals surface area contributed by atoms with Crippen LogP contribution in [0.4, 0.5) is 4.79 Å². The molecule has 10 nitrogen and oxygen atoms in total. The van der Waals surface area contributed by atoms with Gasteiger partial charge in [0.1, 0.15) is 17.7 Å². The van der Waals surface area contributed by atoms with Crippen LogP contribution in [-0.4, -0.2) is 58.8 Å². The number of primary amides is 1. The Morgan fingerprint density at radius 2 is 1.14 bits per heavy atom. The molecule has 0 aliphatic carbocycles. The minimum Gasteiger partial charge on any atom is -0.444 e. The lowest BCUT2D eigenvalue weighted by molar-refractivity contribution is -0.133. The van der Waals surface area contributed by atoms with E-state index in [1.165, 1.54) is 0 Å². The van der Waals surface area contributed by atoms with Gasteiger partial charge in [-0.25, -0.2) is 4.79 Å². The molecule has 6 N–H and O–H groups in total. The fourth-order valence-corrected chi connectivity index (χ4v) is 5.59. The fourth-order valence-electron chi connectivity index (χ4n) is 5.59. The van der Waals surface area contributed by atoms with E-state index in [1.807, 2.05) is 105 Å². The molecule has 0 unspecified atom stereocenters. The summed E-state index contributed by atoms with van der Waals surface area (Å²) in [4.78, 5) is 52.9. The first-order chi connectivity index (χ1) is 23.2. The number of ether oxygens (including phenoxy) is 1. The van der Waals surface area contributed by atoms with E-state index in [0.29, 0.717) is 12.8 Å². The lowest BCUT2D eigenvalue weighted by atomic mass is 9.88. The summed E-state index contributed by atoms with van der Waals surface area (Å²) in [6.07, 6.45) is -0.731. The molecule has 10 heteroatoms. The first-order valence-electron chi connectivity index (χ1n) is 16.9. The summed E-state index contributed by atoms with van der Waals surface area (Å²) in [5.74, 6) is -2.37. The van der Waals surface area contributed by atoms with Gasteiger partial charge in [-0.1, -0.05) is 105 Å². The van der Waals surface area contributed by atoms with Crippen molar-refractivity contribution in [2.45, 2.75) is 96.6 Å². The third kappa shape index (κ3) is 14.1. The summed E-state index contributed by atoms with van der Waals surface area (Å²) in [7, 11) is 0. The molecule has 3 rings (SSSR count). The molecule has 0 saturated heterocycles. The van der Waals surface area contributed by atoms with E-state index < -0.39 is 59.6 Å². The smallest absolute Gasteiger partial charge is 0.407 e. The van der Waals surface area contributed by atoms with E-state index >= 15 is 0 Å². The molecule has 3 aromatic carbocycles. The van der Waals surface area contributed by atoms with Crippen LogP contribution in [0.15, 0.2) is 91.0 Å². The van der Waals surface area contributed by atoms with Gasteiger partial charge in [-0.05, 0) is 69.1 Å². The van der Waals surface area contributed by atoms with Crippen molar-refractivity contribution in [1.82, 2.24) is 16.0 Å². The molecule has 49 heavy (non-hydrogen) atoms. The average molecular weight is 673 g/mol. The summed E-state index contributed by atoms with van der Waals surface area (Å²) in [5.41, 5.74) is 7.51. The highest BCUT2D eigenvalue weighted by Crippen LogP contribution is 2.20. The van der Waals surface area contributed by atoms with Crippen molar-refractivity contribution in [1.29, 1.82) is 0 Å². The Morgan fingerprint density at radius 1 is 0.673 bits per heavy atom. The second kappa shape index (κ2) is 18.7. The Labute approximate surface area is 290 Å². The van der Waals surface area contributed by atoms with Crippen molar-refractivity contribution >= 4 is 23.8 Å². The highest BCUT2D eigenvalue weighted by molar-refractivity contribution is 5.92. The standard InChI is InChI=1S/C39H52N4O6/c1-26(2)21-33(37(47)41-32(35(40)45)24-29-19-13-8-14-20-29)42-36(46)30(22-27-15-9-6-10-16-27)25-34(44)31(23-28-17-11-7-12-18-28)43-38(48)49-39(3,4)5/h6-20,26,30-34,44H,21-25H2,1-5H3,(H2,40,45)(H,41,47)(H,42,46)(H,43,48)/t30-,31-,32-,33-,34-/m0/s1. The number of aliphatic hydroxyl groups is 1. The summed E-state index contributed by atoms with van der Waals surface area (Å²) in [6.45, 7) is 9.14. The maximum atomic E-state index is 14.1. The minimum absolute atomic E-state index is 0.0119. The number of benzene rings is 3. The van der Waals surface area contributed by atoms with Gasteiger partial charge < -0.3 is 31.5 Å². The second-order valence-electron chi connectivity index (χ2n) is 14.0. The molecule has 0 radical (unpaired) electrons. The van der Waals surface area contributed by atoms with Gasteiger partial charge in [0.2, 0.25) is 17.7 Å². The van der Waals surface area contributed by atoms with Crippen LogP contribution in [0.5, 0.6) is 0 Å². The summed E-state index contributed by atoms with van der Waals surface area (Å²) in [5, 5.41) is 20.1. The van der Waals surface area contributed by atoms with Crippen LogP contribution in [-0.2, 0) is 38.4 Å². The minimum atomic E-state index is -1.14. The van der Waals surface area contributed by atoms with E-state index in [1.54, 1.807) is 20.8 Å². The summed E-state index contributed by atoms with van der Waals surface area (Å²) >= 11 is 0. The lowest BCUT2D eigenvalue weighted by Crippen LogP contribution is -2.55. The number of hydrogen-bond acceptors (Lipinski definition) is 6. The van der Waals surface area contributed by atoms with E-state index in [2.05, 4.69) is 16.0 Å². The van der Waals surface area contributed by atoms with Crippen molar-refractivity contribution in [2.75, 3.05) is 0 Å². The van der Waals surface area contributed by atoms with Crippen LogP contribution in [0.25, 0.3) is 0 Å². The van der Waals surface area contributed by atoms with Crippen LogP contribution in [0.2, 0.25) is 0 Å². The Hall–Kier alpha value is -4.70. The molecule has 0 aliphatic heterocycles.